The first-order chi connectivity index (χ1) is 11.2. The minimum absolute atomic E-state index is 0.191. The van der Waals surface area contributed by atoms with Crippen molar-refractivity contribution < 1.29 is 9.63 Å². The van der Waals surface area contributed by atoms with E-state index in [4.69, 9.17) is 4.52 Å². The van der Waals surface area contributed by atoms with Gasteiger partial charge in [-0.15, -0.1) is 0 Å². The molecule has 0 spiro atoms. The van der Waals surface area contributed by atoms with E-state index in [0.29, 0.717) is 17.9 Å². The largest absolute Gasteiger partial charge is 0.396 e. The molecule has 0 bridgehead atoms. The lowest BCUT2D eigenvalue weighted by atomic mass is 10.0. The summed E-state index contributed by atoms with van der Waals surface area (Å²) in [4.78, 5) is 8.89. The summed E-state index contributed by atoms with van der Waals surface area (Å²) < 4.78 is 5.50. The van der Waals surface area contributed by atoms with Crippen LogP contribution in [0.1, 0.15) is 12.8 Å². The van der Waals surface area contributed by atoms with E-state index in [9.17, 15) is 5.11 Å². The molecule has 1 aliphatic rings. The molecule has 1 saturated heterocycles. The van der Waals surface area contributed by atoms with Gasteiger partial charge in [0.15, 0.2) is 0 Å². The van der Waals surface area contributed by atoms with Crippen molar-refractivity contribution in [1.82, 2.24) is 15.0 Å². The zero-order valence-corrected chi connectivity index (χ0v) is 13.7. The summed E-state index contributed by atoms with van der Waals surface area (Å²) in [5.74, 6) is 0.846. The first kappa shape index (κ1) is 16.0. The third-order valence-electron chi connectivity index (χ3n) is 4.52. The molecule has 0 amide bonds. The lowest BCUT2D eigenvalue weighted by Crippen LogP contribution is -2.39. The molecular formula is C17H24N4O2. The third-order valence-corrected chi connectivity index (χ3v) is 4.52. The summed E-state index contributed by atoms with van der Waals surface area (Å²) in [7, 11) is 4.18. The van der Waals surface area contributed by atoms with E-state index in [1.165, 1.54) is 0 Å². The molecule has 2 aromatic rings. The quantitative estimate of drug-likeness (QED) is 0.929. The first-order valence-corrected chi connectivity index (χ1v) is 8.08. The maximum atomic E-state index is 9.58. The predicted molar refractivity (Wildman–Crippen MR) is 89.2 cm³/mol. The Bertz CT molecular complexity index is 614. The zero-order valence-electron chi connectivity index (χ0n) is 13.7. The van der Waals surface area contributed by atoms with E-state index in [1.54, 1.807) is 0 Å². The Labute approximate surface area is 136 Å². The number of aromatic nitrogens is 2. The summed E-state index contributed by atoms with van der Waals surface area (Å²) in [6.07, 6.45) is 2.07. The SMILES string of the molecule is CN(C)[C@@H]1CC[C@H](CO)CN(c2nc(-c3ccccc3)no2)C1. The number of nitrogens with zero attached hydrogens (tertiary/aromatic N) is 4. The van der Waals surface area contributed by atoms with Crippen LogP contribution in [0.2, 0.25) is 0 Å². The number of rotatable bonds is 4. The minimum atomic E-state index is 0.191. The molecule has 0 radical (unpaired) electrons. The Morgan fingerprint density at radius 1 is 1.22 bits per heavy atom. The van der Waals surface area contributed by atoms with Gasteiger partial charge in [0.2, 0.25) is 5.82 Å². The molecule has 1 fully saturated rings. The van der Waals surface area contributed by atoms with E-state index in [0.717, 1.165) is 31.5 Å². The van der Waals surface area contributed by atoms with Crippen LogP contribution in [-0.2, 0) is 0 Å². The Morgan fingerprint density at radius 2 is 2.00 bits per heavy atom. The summed E-state index contributed by atoms with van der Waals surface area (Å²) in [5, 5.41) is 13.7. The van der Waals surface area contributed by atoms with Crippen molar-refractivity contribution in [2.45, 2.75) is 18.9 Å². The normalized spacial score (nSPS) is 22.3. The molecule has 0 saturated carbocycles. The van der Waals surface area contributed by atoms with Crippen LogP contribution in [0.3, 0.4) is 0 Å². The van der Waals surface area contributed by atoms with E-state index in [2.05, 4.69) is 34.0 Å². The lowest BCUT2D eigenvalue weighted by molar-refractivity contribution is 0.215. The van der Waals surface area contributed by atoms with E-state index in [-0.39, 0.29) is 12.5 Å². The Balaban J connectivity index is 1.82. The van der Waals surface area contributed by atoms with Crippen LogP contribution < -0.4 is 4.90 Å². The molecule has 1 aromatic carbocycles. The van der Waals surface area contributed by atoms with E-state index >= 15 is 0 Å². The highest BCUT2D eigenvalue weighted by Gasteiger charge is 2.28. The van der Waals surface area contributed by atoms with Gasteiger partial charge in [0.1, 0.15) is 0 Å². The van der Waals surface area contributed by atoms with Gasteiger partial charge in [-0.05, 0) is 32.9 Å². The van der Waals surface area contributed by atoms with Crippen LogP contribution in [-0.4, -0.2) is 60.0 Å². The Hall–Kier alpha value is -1.92. The topological polar surface area (TPSA) is 65.6 Å². The predicted octanol–water partition coefficient (Wildman–Crippen LogP) is 1.88. The van der Waals surface area contributed by atoms with Crippen molar-refractivity contribution in [1.29, 1.82) is 0 Å². The van der Waals surface area contributed by atoms with Crippen LogP contribution in [0, 0.1) is 5.92 Å². The van der Waals surface area contributed by atoms with Gasteiger partial charge in [-0.3, -0.25) is 0 Å². The van der Waals surface area contributed by atoms with Crippen LogP contribution >= 0.6 is 0 Å². The maximum absolute atomic E-state index is 9.58. The molecule has 2 atom stereocenters. The van der Waals surface area contributed by atoms with Crippen molar-refractivity contribution in [2.75, 3.05) is 38.7 Å². The summed E-state index contributed by atoms with van der Waals surface area (Å²) in [6, 6.07) is 10.8. The van der Waals surface area contributed by atoms with Gasteiger partial charge in [-0.2, -0.15) is 4.98 Å². The van der Waals surface area contributed by atoms with Crippen LogP contribution in [0.5, 0.6) is 0 Å². The zero-order chi connectivity index (χ0) is 16.2. The molecule has 3 rings (SSSR count). The van der Waals surface area contributed by atoms with Crippen molar-refractivity contribution >= 4 is 6.01 Å². The van der Waals surface area contributed by atoms with Crippen molar-refractivity contribution in [3.05, 3.63) is 30.3 Å². The highest BCUT2D eigenvalue weighted by Crippen LogP contribution is 2.25. The van der Waals surface area contributed by atoms with Gasteiger partial charge in [-0.25, -0.2) is 0 Å². The fourth-order valence-corrected chi connectivity index (χ4v) is 3.03. The minimum Gasteiger partial charge on any atom is -0.396 e. The molecule has 2 heterocycles. The molecule has 124 valence electrons. The molecule has 1 aliphatic heterocycles. The maximum Gasteiger partial charge on any atom is 0.324 e. The number of hydrogen-bond donors (Lipinski definition) is 1. The second-order valence-electron chi connectivity index (χ2n) is 6.41. The second kappa shape index (κ2) is 7.10. The lowest BCUT2D eigenvalue weighted by Gasteiger charge is -2.27. The average Bonchev–Trinajstić information content (AvgIpc) is 2.96. The summed E-state index contributed by atoms with van der Waals surface area (Å²) in [6.45, 7) is 1.77. The Morgan fingerprint density at radius 3 is 2.70 bits per heavy atom. The van der Waals surface area contributed by atoms with Gasteiger partial charge < -0.3 is 19.4 Å². The third kappa shape index (κ3) is 3.71. The van der Waals surface area contributed by atoms with E-state index in [1.807, 2.05) is 30.3 Å². The standard InChI is InChI=1S/C17H24N4O2/c1-20(2)15-9-8-13(12-22)10-21(11-15)17-18-16(19-23-17)14-6-4-3-5-7-14/h3-7,13,15,22H,8-12H2,1-2H3/t13-,15+/m0/s1. The van der Waals surface area contributed by atoms with Crippen LogP contribution in [0.15, 0.2) is 34.9 Å². The smallest absolute Gasteiger partial charge is 0.324 e. The van der Waals surface area contributed by atoms with Crippen molar-refractivity contribution in [3.63, 3.8) is 0 Å². The molecule has 0 aliphatic carbocycles. The van der Waals surface area contributed by atoms with Gasteiger partial charge in [0.25, 0.3) is 0 Å². The van der Waals surface area contributed by atoms with Gasteiger partial charge in [0, 0.05) is 31.3 Å². The van der Waals surface area contributed by atoms with Gasteiger partial charge >= 0.3 is 6.01 Å². The fourth-order valence-electron chi connectivity index (χ4n) is 3.03. The van der Waals surface area contributed by atoms with E-state index < -0.39 is 0 Å². The molecular weight excluding hydrogens is 292 g/mol. The summed E-state index contributed by atoms with van der Waals surface area (Å²) >= 11 is 0. The average molecular weight is 316 g/mol. The fraction of sp³-hybridized carbons (Fsp3) is 0.529. The number of aliphatic hydroxyl groups is 1. The molecule has 23 heavy (non-hydrogen) atoms. The number of hydrogen-bond acceptors (Lipinski definition) is 6. The van der Waals surface area contributed by atoms with Crippen LogP contribution in [0.25, 0.3) is 11.4 Å². The monoisotopic (exact) mass is 316 g/mol. The molecule has 1 N–H and O–H groups in total. The number of likely N-dealkylation sites (N-methyl/N-ethyl adjacent to an activating group) is 1. The van der Waals surface area contributed by atoms with Crippen molar-refractivity contribution in [2.24, 2.45) is 5.92 Å². The van der Waals surface area contributed by atoms with Crippen molar-refractivity contribution in [3.8, 4) is 11.4 Å². The molecule has 6 heteroatoms. The molecule has 6 nitrogen and oxygen atoms in total. The number of aliphatic hydroxyl groups excluding tert-OH is 1. The van der Waals surface area contributed by atoms with Crippen LogP contribution in [0.4, 0.5) is 6.01 Å². The highest BCUT2D eigenvalue weighted by atomic mass is 16.5. The van der Waals surface area contributed by atoms with Gasteiger partial charge in [0.05, 0.1) is 0 Å². The highest BCUT2D eigenvalue weighted by molar-refractivity contribution is 5.55. The van der Waals surface area contributed by atoms with Gasteiger partial charge in [-0.1, -0.05) is 35.5 Å². The number of benzene rings is 1. The molecule has 0 unspecified atom stereocenters. The second-order valence-corrected chi connectivity index (χ2v) is 6.41. The molecule has 1 aromatic heterocycles. The number of anilines is 1. The Kier molecular flexibility index (Phi) is 4.93. The first-order valence-electron chi connectivity index (χ1n) is 8.08. The summed E-state index contributed by atoms with van der Waals surface area (Å²) in [5.41, 5.74) is 0.945.